The summed E-state index contributed by atoms with van der Waals surface area (Å²) >= 11 is 6.76. The number of aryl methyl sites for hydroxylation is 1. The molecule has 0 radical (unpaired) electrons. The van der Waals surface area contributed by atoms with E-state index in [0.717, 1.165) is 14.5 Å². The number of aliphatic carboxylic acids is 1. The Balaban J connectivity index is 2.74. The molecular formula is C12H14Br2N2O3. The van der Waals surface area contributed by atoms with E-state index in [1.54, 1.807) is 7.05 Å². The van der Waals surface area contributed by atoms with Crippen molar-refractivity contribution >= 4 is 49.5 Å². The van der Waals surface area contributed by atoms with E-state index in [0.29, 0.717) is 5.69 Å². The molecule has 0 fully saturated rings. The van der Waals surface area contributed by atoms with Gasteiger partial charge in [-0.3, -0.25) is 4.79 Å². The van der Waals surface area contributed by atoms with Crippen molar-refractivity contribution in [2.45, 2.75) is 13.3 Å². The van der Waals surface area contributed by atoms with Crippen LogP contribution in [-0.4, -0.2) is 35.6 Å². The molecule has 19 heavy (non-hydrogen) atoms. The Kier molecular flexibility index (Phi) is 5.81. The van der Waals surface area contributed by atoms with Crippen molar-refractivity contribution in [1.82, 2.24) is 4.90 Å². The monoisotopic (exact) mass is 392 g/mol. The van der Waals surface area contributed by atoms with Gasteiger partial charge in [0.15, 0.2) is 0 Å². The molecule has 0 heterocycles. The molecule has 0 aliphatic heterocycles. The van der Waals surface area contributed by atoms with Crippen LogP contribution in [0.25, 0.3) is 0 Å². The van der Waals surface area contributed by atoms with Gasteiger partial charge in [-0.2, -0.15) is 0 Å². The molecule has 104 valence electrons. The largest absolute Gasteiger partial charge is 0.481 e. The summed E-state index contributed by atoms with van der Waals surface area (Å²) in [5.41, 5.74) is 1.67. The summed E-state index contributed by atoms with van der Waals surface area (Å²) in [5, 5.41) is 11.3. The zero-order valence-corrected chi connectivity index (χ0v) is 13.7. The zero-order chi connectivity index (χ0) is 14.6. The second-order valence-corrected chi connectivity index (χ2v) is 5.81. The first-order valence-corrected chi connectivity index (χ1v) is 7.09. The van der Waals surface area contributed by atoms with E-state index >= 15 is 0 Å². The van der Waals surface area contributed by atoms with Crippen molar-refractivity contribution in [2.24, 2.45) is 0 Å². The topological polar surface area (TPSA) is 69.6 Å². The Morgan fingerprint density at radius 3 is 2.32 bits per heavy atom. The lowest BCUT2D eigenvalue weighted by atomic mass is 10.2. The third kappa shape index (κ3) is 4.83. The lowest BCUT2D eigenvalue weighted by Crippen LogP contribution is -2.33. The van der Waals surface area contributed by atoms with Crippen LogP contribution in [0.15, 0.2) is 21.1 Å². The number of carboxylic acid groups (broad SMARTS) is 1. The van der Waals surface area contributed by atoms with Gasteiger partial charge in [0.25, 0.3) is 0 Å². The van der Waals surface area contributed by atoms with Gasteiger partial charge in [0.1, 0.15) is 0 Å². The lowest BCUT2D eigenvalue weighted by Gasteiger charge is -2.18. The van der Waals surface area contributed by atoms with Gasteiger partial charge in [-0.25, -0.2) is 4.79 Å². The molecule has 0 saturated heterocycles. The van der Waals surface area contributed by atoms with E-state index < -0.39 is 5.97 Å². The third-order valence-electron chi connectivity index (χ3n) is 2.43. The number of rotatable bonds is 4. The average molecular weight is 394 g/mol. The molecule has 0 aliphatic rings. The predicted octanol–water partition coefficient (Wildman–Crippen LogP) is 3.46. The molecule has 0 spiro atoms. The normalized spacial score (nSPS) is 10.1. The Morgan fingerprint density at radius 2 is 1.84 bits per heavy atom. The molecule has 1 aromatic rings. The number of nitrogens with zero attached hydrogens (tertiary/aromatic N) is 1. The molecule has 0 unspecified atom stereocenters. The number of halogens is 2. The molecule has 0 atom stereocenters. The number of benzene rings is 1. The zero-order valence-electron chi connectivity index (χ0n) is 10.5. The smallest absolute Gasteiger partial charge is 0.321 e. The fourth-order valence-corrected chi connectivity index (χ4v) is 3.00. The van der Waals surface area contributed by atoms with Gasteiger partial charge in [-0.1, -0.05) is 0 Å². The van der Waals surface area contributed by atoms with Crippen LogP contribution >= 0.6 is 31.9 Å². The molecule has 1 aromatic carbocycles. The summed E-state index contributed by atoms with van der Waals surface area (Å²) in [4.78, 5) is 23.7. The first-order valence-electron chi connectivity index (χ1n) is 5.51. The number of carbonyl (C=O) groups is 2. The minimum absolute atomic E-state index is 0.0832. The quantitative estimate of drug-likeness (QED) is 0.822. The molecular weight excluding hydrogens is 380 g/mol. The highest BCUT2D eigenvalue weighted by Gasteiger charge is 2.14. The summed E-state index contributed by atoms with van der Waals surface area (Å²) in [6, 6.07) is 3.42. The first-order chi connectivity index (χ1) is 8.81. The maximum absolute atomic E-state index is 11.9. The number of hydrogen-bond acceptors (Lipinski definition) is 2. The minimum atomic E-state index is -0.933. The second kappa shape index (κ2) is 6.91. The van der Waals surface area contributed by atoms with Crippen molar-refractivity contribution in [3.8, 4) is 0 Å². The van der Waals surface area contributed by atoms with Gasteiger partial charge >= 0.3 is 12.0 Å². The van der Waals surface area contributed by atoms with Crippen LogP contribution in [0.2, 0.25) is 0 Å². The average Bonchev–Trinajstić information content (AvgIpc) is 2.30. The van der Waals surface area contributed by atoms with Crippen molar-refractivity contribution in [3.63, 3.8) is 0 Å². The minimum Gasteiger partial charge on any atom is -0.481 e. The fraction of sp³-hybridized carbons (Fsp3) is 0.333. The van der Waals surface area contributed by atoms with Crippen molar-refractivity contribution in [3.05, 3.63) is 26.6 Å². The molecule has 5 nitrogen and oxygen atoms in total. The SMILES string of the molecule is Cc1cc(Br)c(NC(=O)N(C)CCC(=O)O)c(Br)c1. The van der Waals surface area contributed by atoms with E-state index in [2.05, 4.69) is 37.2 Å². The third-order valence-corrected chi connectivity index (χ3v) is 3.68. The van der Waals surface area contributed by atoms with Crippen LogP contribution in [0.4, 0.5) is 10.5 Å². The van der Waals surface area contributed by atoms with Crippen LogP contribution in [0.1, 0.15) is 12.0 Å². The maximum Gasteiger partial charge on any atom is 0.321 e. The second-order valence-electron chi connectivity index (χ2n) is 4.10. The Morgan fingerprint density at radius 1 is 1.32 bits per heavy atom. The molecule has 1 rings (SSSR count). The molecule has 0 aromatic heterocycles. The van der Waals surface area contributed by atoms with E-state index in [9.17, 15) is 9.59 Å². The Labute approximate surface area is 128 Å². The van der Waals surface area contributed by atoms with Gasteiger partial charge in [0.2, 0.25) is 0 Å². The molecule has 2 amide bonds. The van der Waals surface area contributed by atoms with Crippen LogP contribution in [-0.2, 0) is 4.79 Å². The van der Waals surface area contributed by atoms with Crippen LogP contribution < -0.4 is 5.32 Å². The molecule has 0 saturated carbocycles. The standard InChI is InChI=1S/C12H14Br2N2O3/c1-7-5-8(13)11(9(14)6-7)15-12(19)16(2)4-3-10(17)18/h5-6H,3-4H2,1-2H3,(H,15,19)(H,17,18). The number of anilines is 1. The first kappa shape index (κ1) is 16.0. The van der Waals surface area contributed by atoms with Crippen LogP contribution in [0.3, 0.4) is 0 Å². The van der Waals surface area contributed by atoms with E-state index in [1.165, 1.54) is 4.90 Å². The predicted molar refractivity (Wildman–Crippen MR) is 80.5 cm³/mol. The van der Waals surface area contributed by atoms with Crippen molar-refractivity contribution in [1.29, 1.82) is 0 Å². The molecule has 0 aliphatic carbocycles. The summed E-state index contributed by atoms with van der Waals surface area (Å²) < 4.78 is 1.53. The Bertz CT molecular complexity index is 483. The molecule has 2 N–H and O–H groups in total. The highest BCUT2D eigenvalue weighted by atomic mass is 79.9. The number of hydrogen-bond donors (Lipinski definition) is 2. The van der Waals surface area contributed by atoms with Gasteiger partial charge in [0, 0.05) is 22.5 Å². The van der Waals surface area contributed by atoms with E-state index in [4.69, 9.17) is 5.11 Å². The van der Waals surface area contributed by atoms with Crippen LogP contribution in [0, 0.1) is 6.92 Å². The summed E-state index contributed by atoms with van der Waals surface area (Å²) in [5.74, 6) is -0.933. The van der Waals surface area contributed by atoms with E-state index in [1.807, 2.05) is 19.1 Å². The Hall–Kier alpha value is -1.08. The number of carbonyl (C=O) groups excluding carboxylic acids is 1. The van der Waals surface area contributed by atoms with Gasteiger partial charge < -0.3 is 15.3 Å². The number of urea groups is 1. The van der Waals surface area contributed by atoms with Gasteiger partial charge in [0.05, 0.1) is 12.1 Å². The number of nitrogens with one attached hydrogen (secondary N) is 1. The lowest BCUT2D eigenvalue weighted by molar-refractivity contribution is -0.137. The molecule has 7 heteroatoms. The van der Waals surface area contributed by atoms with Crippen molar-refractivity contribution in [2.75, 3.05) is 18.9 Å². The summed E-state index contributed by atoms with van der Waals surface area (Å²) in [6.07, 6.45) is -0.0832. The number of carboxylic acids is 1. The summed E-state index contributed by atoms with van der Waals surface area (Å²) in [6.45, 7) is 2.10. The van der Waals surface area contributed by atoms with Crippen LogP contribution in [0.5, 0.6) is 0 Å². The maximum atomic E-state index is 11.9. The fourth-order valence-electron chi connectivity index (χ4n) is 1.39. The number of amides is 2. The van der Waals surface area contributed by atoms with Crippen molar-refractivity contribution < 1.29 is 14.7 Å². The highest BCUT2D eigenvalue weighted by molar-refractivity contribution is 9.11. The van der Waals surface area contributed by atoms with Gasteiger partial charge in [-0.05, 0) is 56.5 Å². The van der Waals surface area contributed by atoms with Gasteiger partial charge in [-0.15, -0.1) is 0 Å². The summed E-state index contributed by atoms with van der Waals surface area (Å²) in [7, 11) is 1.55. The molecule has 0 bridgehead atoms. The highest BCUT2D eigenvalue weighted by Crippen LogP contribution is 2.32. The van der Waals surface area contributed by atoms with E-state index in [-0.39, 0.29) is 19.0 Å².